The van der Waals surface area contributed by atoms with E-state index in [-0.39, 0.29) is 0 Å². The lowest BCUT2D eigenvalue weighted by Crippen LogP contribution is -2.35. The lowest BCUT2D eigenvalue weighted by molar-refractivity contribution is -0.119. The van der Waals surface area contributed by atoms with Crippen molar-refractivity contribution in [3.63, 3.8) is 0 Å². The maximum atomic E-state index is 13.0. The van der Waals surface area contributed by atoms with E-state index in [1.54, 1.807) is 0 Å². The van der Waals surface area contributed by atoms with Gasteiger partial charge in [-0.1, -0.05) is 74.0 Å². The van der Waals surface area contributed by atoms with Gasteiger partial charge in [-0.3, -0.25) is 4.79 Å². The number of nitrogens with zero attached hydrogens (tertiary/aromatic N) is 1. The van der Waals surface area contributed by atoms with Gasteiger partial charge in [-0.25, -0.2) is 0 Å². The molecule has 0 bridgehead atoms. The third-order valence-corrected chi connectivity index (χ3v) is 7.00. The fraction of sp³-hybridized carbons (Fsp3) is 0.708. The molecular formula is C24H36BrNO. The molecule has 1 aliphatic heterocycles. The van der Waals surface area contributed by atoms with Crippen LogP contribution in [0.3, 0.4) is 0 Å². The van der Waals surface area contributed by atoms with Gasteiger partial charge in [0.1, 0.15) is 0 Å². The number of amides is 1. The average molecular weight is 434 g/mol. The van der Waals surface area contributed by atoms with E-state index in [2.05, 4.69) is 59.8 Å². The van der Waals surface area contributed by atoms with E-state index >= 15 is 0 Å². The monoisotopic (exact) mass is 433 g/mol. The molecule has 0 aromatic heterocycles. The molecule has 1 aliphatic carbocycles. The van der Waals surface area contributed by atoms with Crippen LogP contribution in [0, 0.1) is 11.8 Å². The molecule has 3 rings (SSSR count). The molecule has 150 valence electrons. The van der Waals surface area contributed by atoms with Crippen molar-refractivity contribution in [3.05, 3.63) is 29.3 Å². The minimum atomic E-state index is 0.296. The second kappa shape index (κ2) is 9.58. The third kappa shape index (κ3) is 5.59. The summed E-state index contributed by atoms with van der Waals surface area (Å²) in [6, 6.07) is 7.06. The van der Waals surface area contributed by atoms with Crippen LogP contribution in [0.5, 0.6) is 0 Å². The van der Waals surface area contributed by atoms with Crippen LogP contribution >= 0.6 is 15.9 Å². The Balaban J connectivity index is 1.61. The summed E-state index contributed by atoms with van der Waals surface area (Å²) in [6.07, 6.45) is 11.8. The summed E-state index contributed by atoms with van der Waals surface area (Å²) >= 11 is 3.84. The van der Waals surface area contributed by atoms with Gasteiger partial charge in [0.2, 0.25) is 5.91 Å². The molecule has 0 spiro atoms. The van der Waals surface area contributed by atoms with Crippen LogP contribution in [0.1, 0.15) is 83.3 Å². The van der Waals surface area contributed by atoms with Gasteiger partial charge in [-0.2, -0.15) is 0 Å². The number of hydrogen-bond acceptors (Lipinski definition) is 1. The van der Waals surface area contributed by atoms with Gasteiger partial charge in [0, 0.05) is 23.0 Å². The number of anilines is 1. The maximum Gasteiger partial charge on any atom is 0.227 e. The maximum absolute atomic E-state index is 13.0. The van der Waals surface area contributed by atoms with Gasteiger partial charge < -0.3 is 4.90 Å². The molecule has 0 radical (unpaired) electrons. The van der Waals surface area contributed by atoms with E-state index in [1.807, 2.05) is 0 Å². The minimum Gasteiger partial charge on any atom is -0.309 e. The molecule has 0 saturated heterocycles. The van der Waals surface area contributed by atoms with E-state index in [9.17, 15) is 4.79 Å². The molecule has 2 aliphatic rings. The highest BCUT2D eigenvalue weighted by atomic mass is 79.9. The van der Waals surface area contributed by atoms with Crippen LogP contribution in [0.4, 0.5) is 5.69 Å². The van der Waals surface area contributed by atoms with Crippen LogP contribution in [-0.4, -0.2) is 16.8 Å². The molecule has 1 heterocycles. The summed E-state index contributed by atoms with van der Waals surface area (Å²) in [4.78, 5) is 15.6. The largest absolute Gasteiger partial charge is 0.309 e. The molecule has 2 unspecified atom stereocenters. The SMILES string of the molecule is CC(C)CC(Br)Cc1ccc2c(c1)CC(C)N2C(=O)CCC1CCCCC1. The summed E-state index contributed by atoms with van der Waals surface area (Å²) in [5.41, 5.74) is 3.91. The van der Waals surface area contributed by atoms with Crippen molar-refractivity contribution in [1.82, 2.24) is 0 Å². The van der Waals surface area contributed by atoms with Gasteiger partial charge >= 0.3 is 0 Å². The molecular weight excluding hydrogens is 398 g/mol. The second-order valence-corrected chi connectivity index (χ2v) is 10.5. The van der Waals surface area contributed by atoms with Crippen molar-refractivity contribution >= 4 is 27.5 Å². The molecule has 1 amide bonds. The number of benzene rings is 1. The van der Waals surface area contributed by atoms with Gasteiger partial charge in [0.25, 0.3) is 0 Å². The molecule has 1 aromatic rings. The smallest absolute Gasteiger partial charge is 0.227 e. The van der Waals surface area contributed by atoms with Crippen LogP contribution in [0.25, 0.3) is 0 Å². The zero-order valence-corrected chi connectivity index (χ0v) is 18.9. The molecule has 2 atom stereocenters. The second-order valence-electron chi connectivity index (χ2n) is 9.25. The lowest BCUT2D eigenvalue weighted by atomic mass is 9.86. The van der Waals surface area contributed by atoms with Crippen LogP contribution in [0.2, 0.25) is 0 Å². The standard InChI is InChI=1S/C24H36BrNO/c1-17(2)13-22(25)16-20-9-11-23-21(15-20)14-18(3)26(23)24(27)12-10-19-7-5-4-6-8-19/h9,11,15,17-19,22H,4-8,10,12-14,16H2,1-3H3. The summed E-state index contributed by atoms with van der Waals surface area (Å²) in [6.45, 7) is 6.75. The first kappa shape index (κ1) is 20.9. The van der Waals surface area contributed by atoms with E-state index < -0.39 is 0 Å². The van der Waals surface area contributed by atoms with E-state index in [0.717, 1.165) is 30.9 Å². The third-order valence-electron chi connectivity index (χ3n) is 6.30. The number of rotatable bonds is 7. The topological polar surface area (TPSA) is 20.3 Å². The first-order valence-corrected chi connectivity index (χ1v) is 11.9. The van der Waals surface area contributed by atoms with Gasteiger partial charge in [0.05, 0.1) is 0 Å². The van der Waals surface area contributed by atoms with Crippen molar-refractivity contribution in [2.24, 2.45) is 11.8 Å². The number of carbonyl (C=O) groups is 1. The number of carbonyl (C=O) groups excluding carboxylic acids is 1. The zero-order valence-electron chi connectivity index (χ0n) is 17.3. The fourth-order valence-electron chi connectivity index (χ4n) is 4.97. The van der Waals surface area contributed by atoms with Gasteiger partial charge in [-0.05, 0) is 61.6 Å². The predicted octanol–water partition coefficient (Wildman–Crippen LogP) is 6.68. The summed E-state index contributed by atoms with van der Waals surface area (Å²) < 4.78 is 0. The Morgan fingerprint density at radius 2 is 1.96 bits per heavy atom. The normalized spacial score (nSPS) is 21.5. The first-order chi connectivity index (χ1) is 12.9. The van der Waals surface area contributed by atoms with E-state index in [1.165, 1.54) is 49.7 Å². The van der Waals surface area contributed by atoms with Crippen molar-refractivity contribution in [2.75, 3.05) is 4.90 Å². The Labute approximate surface area is 174 Å². The van der Waals surface area contributed by atoms with E-state index in [0.29, 0.717) is 29.1 Å². The zero-order chi connectivity index (χ0) is 19.4. The molecule has 1 fully saturated rings. The Kier molecular flexibility index (Phi) is 7.42. The molecule has 27 heavy (non-hydrogen) atoms. The molecule has 2 nitrogen and oxygen atoms in total. The quantitative estimate of drug-likeness (QED) is 0.439. The minimum absolute atomic E-state index is 0.296. The van der Waals surface area contributed by atoms with Gasteiger partial charge in [-0.15, -0.1) is 0 Å². The number of hydrogen-bond donors (Lipinski definition) is 0. The molecule has 1 aromatic carbocycles. The summed E-state index contributed by atoms with van der Waals surface area (Å²) in [5.74, 6) is 1.82. The summed E-state index contributed by atoms with van der Waals surface area (Å²) in [5, 5.41) is 0. The lowest BCUT2D eigenvalue weighted by Gasteiger charge is -2.25. The highest BCUT2D eigenvalue weighted by Gasteiger charge is 2.31. The highest BCUT2D eigenvalue weighted by Crippen LogP contribution is 2.35. The van der Waals surface area contributed by atoms with Crippen molar-refractivity contribution < 1.29 is 4.79 Å². The number of fused-ring (bicyclic) bond motifs is 1. The number of alkyl halides is 1. The Bertz CT molecular complexity index is 635. The highest BCUT2D eigenvalue weighted by molar-refractivity contribution is 9.09. The van der Waals surface area contributed by atoms with E-state index in [4.69, 9.17) is 0 Å². The summed E-state index contributed by atoms with van der Waals surface area (Å²) in [7, 11) is 0. The van der Waals surface area contributed by atoms with Gasteiger partial charge in [0.15, 0.2) is 0 Å². The van der Waals surface area contributed by atoms with Crippen molar-refractivity contribution in [2.45, 2.75) is 95.8 Å². The van der Waals surface area contributed by atoms with Crippen LogP contribution in [-0.2, 0) is 17.6 Å². The average Bonchev–Trinajstić information content (AvgIpc) is 2.95. The van der Waals surface area contributed by atoms with Crippen LogP contribution < -0.4 is 4.90 Å². The predicted molar refractivity (Wildman–Crippen MR) is 119 cm³/mol. The van der Waals surface area contributed by atoms with Crippen molar-refractivity contribution in [1.29, 1.82) is 0 Å². The van der Waals surface area contributed by atoms with Crippen molar-refractivity contribution in [3.8, 4) is 0 Å². The molecule has 3 heteroatoms. The first-order valence-electron chi connectivity index (χ1n) is 11.0. The Morgan fingerprint density at radius 1 is 1.22 bits per heavy atom. The Hall–Kier alpha value is -0.830. The Morgan fingerprint density at radius 3 is 2.67 bits per heavy atom. The van der Waals surface area contributed by atoms with Crippen LogP contribution in [0.15, 0.2) is 18.2 Å². The molecule has 1 saturated carbocycles. The fourth-order valence-corrected chi connectivity index (χ4v) is 6.09. The number of halogens is 1. The molecule has 0 N–H and O–H groups in total.